The maximum atomic E-state index is 11.1. The highest BCUT2D eigenvalue weighted by Crippen LogP contribution is 2.39. The molecule has 0 spiro atoms. The van der Waals surface area contributed by atoms with Crippen molar-refractivity contribution in [3.8, 4) is 22.6 Å². The van der Waals surface area contributed by atoms with Crippen molar-refractivity contribution in [2.24, 2.45) is 0 Å². The molecular weight excluding hydrogens is 288 g/mol. The minimum absolute atomic E-state index is 0.0586. The Balaban J connectivity index is 1.99. The first-order chi connectivity index (χ1) is 11.3. The van der Waals surface area contributed by atoms with E-state index in [0.717, 1.165) is 11.1 Å². The molecule has 0 aromatic heterocycles. The quantitative estimate of drug-likeness (QED) is 0.708. The number of aldehydes is 1. The van der Waals surface area contributed by atoms with Gasteiger partial charge in [0.1, 0.15) is 18.1 Å². The molecular formula is C20H16O3. The van der Waals surface area contributed by atoms with E-state index in [1.54, 1.807) is 12.1 Å². The number of hydrogen-bond acceptors (Lipinski definition) is 3. The first kappa shape index (κ1) is 14.9. The Morgan fingerprint density at radius 2 is 1.52 bits per heavy atom. The number of benzene rings is 3. The summed E-state index contributed by atoms with van der Waals surface area (Å²) in [6, 6.07) is 22.5. The third-order valence-corrected chi connectivity index (χ3v) is 3.60. The highest BCUT2D eigenvalue weighted by Gasteiger charge is 2.15. The lowest BCUT2D eigenvalue weighted by atomic mass is 10.0. The van der Waals surface area contributed by atoms with Gasteiger partial charge in [0.05, 0.1) is 11.1 Å². The molecule has 0 amide bonds. The fourth-order valence-electron chi connectivity index (χ4n) is 2.42. The van der Waals surface area contributed by atoms with Gasteiger partial charge >= 0.3 is 0 Å². The monoisotopic (exact) mass is 304 g/mol. The van der Waals surface area contributed by atoms with E-state index in [9.17, 15) is 9.90 Å². The van der Waals surface area contributed by atoms with Gasteiger partial charge in [-0.1, -0.05) is 60.7 Å². The largest absolute Gasteiger partial charge is 0.506 e. The van der Waals surface area contributed by atoms with Gasteiger partial charge in [-0.2, -0.15) is 0 Å². The van der Waals surface area contributed by atoms with E-state index in [0.29, 0.717) is 24.2 Å². The van der Waals surface area contributed by atoms with E-state index < -0.39 is 0 Å². The predicted octanol–water partition coefficient (Wildman–Crippen LogP) is 4.45. The summed E-state index contributed by atoms with van der Waals surface area (Å²) in [5, 5.41) is 10.4. The molecule has 114 valence electrons. The number of aromatic hydroxyl groups is 1. The van der Waals surface area contributed by atoms with Crippen molar-refractivity contribution in [1.82, 2.24) is 0 Å². The van der Waals surface area contributed by atoms with E-state index in [2.05, 4.69) is 0 Å². The molecule has 0 bridgehead atoms. The van der Waals surface area contributed by atoms with Crippen LogP contribution in [0.2, 0.25) is 0 Å². The third-order valence-electron chi connectivity index (χ3n) is 3.60. The Kier molecular flexibility index (Phi) is 4.39. The third kappa shape index (κ3) is 3.24. The number of ether oxygens (including phenoxy) is 1. The molecule has 3 nitrogen and oxygen atoms in total. The number of carbonyl (C=O) groups excluding carboxylic acids is 1. The standard InChI is InChI=1S/C20H16O3/c21-13-17-11-12-18(23-14-15-7-3-1-4-8-15)19(20(17)22)16-9-5-2-6-10-16/h1-13,22H,14H2. The van der Waals surface area contributed by atoms with Crippen LogP contribution in [0.15, 0.2) is 72.8 Å². The molecule has 0 unspecified atom stereocenters. The van der Waals surface area contributed by atoms with Crippen LogP contribution in [-0.4, -0.2) is 11.4 Å². The molecule has 0 atom stereocenters. The van der Waals surface area contributed by atoms with Crippen molar-refractivity contribution in [1.29, 1.82) is 0 Å². The summed E-state index contributed by atoms with van der Waals surface area (Å²) >= 11 is 0. The lowest BCUT2D eigenvalue weighted by Crippen LogP contribution is -1.98. The van der Waals surface area contributed by atoms with Crippen molar-refractivity contribution in [3.05, 3.63) is 83.9 Å². The molecule has 0 heterocycles. The average molecular weight is 304 g/mol. The number of phenolic OH excluding ortho intramolecular Hbond substituents is 1. The summed E-state index contributed by atoms with van der Waals surface area (Å²) in [5.41, 5.74) is 2.62. The number of rotatable bonds is 5. The Morgan fingerprint density at radius 1 is 0.870 bits per heavy atom. The summed E-state index contributed by atoms with van der Waals surface area (Å²) in [7, 11) is 0. The lowest BCUT2D eigenvalue weighted by Gasteiger charge is -2.14. The Morgan fingerprint density at radius 3 is 2.17 bits per heavy atom. The van der Waals surface area contributed by atoms with Crippen molar-refractivity contribution >= 4 is 6.29 Å². The minimum Gasteiger partial charge on any atom is -0.506 e. The molecule has 0 saturated carbocycles. The SMILES string of the molecule is O=Cc1ccc(OCc2ccccc2)c(-c2ccccc2)c1O. The fraction of sp³-hybridized carbons (Fsp3) is 0.0500. The molecule has 0 aliphatic carbocycles. The van der Waals surface area contributed by atoms with Crippen LogP contribution in [0.3, 0.4) is 0 Å². The van der Waals surface area contributed by atoms with Gasteiger partial charge in [0, 0.05) is 0 Å². The van der Waals surface area contributed by atoms with E-state index >= 15 is 0 Å². The Hall–Kier alpha value is -3.07. The predicted molar refractivity (Wildman–Crippen MR) is 89.7 cm³/mol. The summed E-state index contributed by atoms with van der Waals surface area (Å²) in [5.74, 6) is 0.486. The van der Waals surface area contributed by atoms with E-state index in [4.69, 9.17) is 4.74 Å². The number of carbonyl (C=O) groups is 1. The zero-order valence-corrected chi connectivity index (χ0v) is 12.5. The van der Waals surface area contributed by atoms with Crippen molar-refractivity contribution < 1.29 is 14.6 Å². The van der Waals surface area contributed by atoms with Gasteiger partial charge in [-0.15, -0.1) is 0 Å². The molecule has 3 heteroatoms. The van der Waals surface area contributed by atoms with Crippen LogP contribution >= 0.6 is 0 Å². The molecule has 0 aliphatic rings. The summed E-state index contributed by atoms with van der Waals surface area (Å²) in [4.78, 5) is 11.1. The van der Waals surface area contributed by atoms with Gasteiger partial charge in [0.25, 0.3) is 0 Å². The van der Waals surface area contributed by atoms with Crippen LogP contribution in [0.25, 0.3) is 11.1 Å². The van der Waals surface area contributed by atoms with Crippen LogP contribution in [0, 0.1) is 0 Å². The Labute approximate surface area is 134 Å². The zero-order valence-electron chi connectivity index (χ0n) is 12.5. The first-order valence-electron chi connectivity index (χ1n) is 7.33. The van der Waals surface area contributed by atoms with Crippen molar-refractivity contribution in [2.45, 2.75) is 6.61 Å². The second-order valence-corrected chi connectivity index (χ2v) is 5.13. The normalized spacial score (nSPS) is 10.3. The van der Waals surface area contributed by atoms with E-state index in [1.807, 2.05) is 60.7 Å². The maximum absolute atomic E-state index is 11.1. The molecule has 23 heavy (non-hydrogen) atoms. The topological polar surface area (TPSA) is 46.5 Å². The fourth-order valence-corrected chi connectivity index (χ4v) is 2.42. The van der Waals surface area contributed by atoms with Crippen LogP contribution in [0.5, 0.6) is 11.5 Å². The van der Waals surface area contributed by atoms with Crippen LogP contribution in [0.1, 0.15) is 15.9 Å². The number of phenols is 1. The highest BCUT2D eigenvalue weighted by molar-refractivity contribution is 5.88. The van der Waals surface area contributed by atoms with Gasteiger partial charge in [-0.25, -0.2) is 0 Å². The zero-order chi connectivity index (χ0) is 16.1. The maximum Gasteiger partial charge on any atom is 0.153 e. The summed E-state index contributed by atoms with van der Waals surface area (Å²) in [6.45, 7) is 0.389. The molecule has 3 aromatic carbocycles. The summed E-state index contributed by atoms with van der Waals surface area (Å²) < 4.78 is 5.88. The van der Waals surface area contributed by atoms with Crippen LogP contribution in [-0.2, 0) is 6.61 Å². The van der Waals surface area contributed by atoms with Crippen LogP contribution in [0.4, 0.5) is 0 Å². The van der Waals surface area contributed by atoms with E-state index in [1.165, 1.54) is 0 Å². The molecule has 0 fully saturated rings. The van der Waals surface area contributed by atoms with Gasteiger partial charge in [0.2, 0.25) is 0 Å². The second kappa shape index (κ2) is 6.79. The Bertz CT molecular complexity index is 796. The highest BCUT2D eigenvalue weighted by atomic mass is 16.5. The molecule has 0 saturated heterocycles. The van der Waals surface area contributed by atoms with Gasteiger partial charge in [0.15, 0.2) is 6.29 Å². The first-order valence-corrected chi connectivity index (χ1v) is 7.33. The van der Waals surface area contributed by atoms with Crippen molar-refractivity contribution in [2.75, 3.05) is 0 Å². The van der Waals surface area contributed by atoms with Crippen LogP contribution < -0.4 is 4.74 Å². The van der Waals surface area contributed by atoms with Crippen molar-refractivity contribution in [3.63, 3.8) is 0 Å². The van der Waals surface area contributed by atoms with Gasteiger partial charge in [-0.3, -0.25) is 4.79 Å². The summed E-state index contributed by atoms with van der Waals surface area (Å²) in [6.07, 6.45) is 0.642. The number of hydrogen-bond donors (Lipinski definition) is 1. The smallest absolute Gasteiger partial charge is 0.153 e. The second-order valence-electron chi connectivity index (χ2n) is 5.13. The molecule has 0 aliphatic heterocycles. The lowest BCUT2D eigenvalue weighted by molar-refractivity contribution is 0.112. The molecule has 3 aromatic rings. The molecule has 3 rings (SSSR count). The average Bonchev–Trinajstić information content (AvgIpc) is 2.61. The van der Waals surface area contributed by atoms with Gasteiger partial charge in [-0.05, 0) is 23.3 Å². The molecule has 0 radical (unpaired) electrons. The molecule has 1 N–H and O–H groups in total. The van der Waals surface area contributed by atoms with Gasteiger partial charge < -0.3 is 9.84 Å². The van der Waals surface area contributed by atoms with E-state index in [-0.39, 0.29) is 11.3 Å². The minimum atomic E-state index is -0.0586.